The van der Waals surface area contributed by atoms with Crippen molar-refractivity contribution in [3.63, 3.8) is 0 Å². The van der Waals surface area contributed by atoms with Crippen LogP contribution in [0.25, 0.3) is 11.0 Å². The van der Waals surface area contributed by atoms with Gasteiger partial charge in [0, 0.05) is 18.0 Å². The average Bonchev–Trinajstić information content (AvgIpc) is 2.97. The molecule has 6 nitrogen and oxygen atoms in total. The third-order valence-electron chi connectivity index (χ3n) is 5.26. The summed E-state index contributed by atoms with van der Waals surface area (Å²) in [6.45, 7) is 2.31. The lowest BCUT2D eigenvalue weighted by Gasteiger charge is -2.31. The van der Waals surface area contributed by atoms with Gasteiger partial charge in [-0.2, -0.15) is 0 Å². The predicted octanol–water partition coefficient (Wildman–Crippen LogP) is 3.91. The highest BCUT2D eigenvalue weighted by Gasteiger charge is 2.28. The first-order valence-corrected chi connectivity index (χ1v) is 10.1. The lowest BCUT2D eigenvalue weighted by Crippen LogP contribution is -2.43. The number of esters is 1. The normalized spacial score (nSPS) is 15.2. The molecule has 6 heteroatoms. The second kappa shape index (κ2) is 9.53. The van der Waals surface area contributed by atoms with Crippen LogP contribution in [0.2, 0.25) is 0 Å². The molecule has 0 N–H and O–H groups in total. The maximum Gasteiger partial charge on any atom is 0.349 e. The Hall–Kier alpha value is -2.63. The van der Waals surface area contributed by atoms with E-state index >= 15 is 0 Å². The molecule has 1 heterocycles. The molecule has 1 aliphatic carbocycles. The summed E-state index contributed by atoms with van der Waals surface area (Å²) in [6.07, 6.45) is 6.26. The number of rotatable bonds is 6. The summed E-state index contributed by atoms with van der Waals surface area (Å²) in [6, 6.07) is 8.75. The van der Waals surface area contributed by atoms with Crippen LogP contribution in [0, 0.1) is 0 Å². The highest BCUT2D eigenvalue weighted by molar-refractivity contribution is 5.97. The molecule has 1 aromatic heterocycles. The van der Waals surface area contributed by atoms with Gasteiger partial charge in [0.15, 0.2) is 0 Å². The first-order chi connectivity index (χ1) is 13.6. The highest BCUT2D eigenvalue weighted by Crippen LogP contribution is 2.24. The van der Waals surface area contributed by atoms with Gasteiger partial charge in [-0.1, -0.05) is 43.9 Å². The number of carbonyl (C=O) groups excluding carboxylic acids is 2. The van der Waals surface area contributed by atoms with E-state index in [1.54, 1.807) is 30.0 Å². The van der Waals surface area contributed by atoms with Gasteiger partial charge in [0.2, 0.25) is 0 Å². The van der Waals surface area contributed by atoms with Crippen molar-refractivity contribution in [2.24, 2.45) is 0 Å². The summed E-state index contributed by atoms with van der Waals surface area (Å²) in [4.78, 5) is 39.3. The zero-order chi connectivity index (χ0) is 19.9. The Morgan fingerprint density at radius 2 is 1.86 bits per heavy atom. The Kier molecular flexibility index (Phi) is 6.85. The van der Waals surface area contributed by atoms with Crippen LogP contribution in [0.5, 0.6) is 0 Å². The number of benzene rings is 1. The van der Waals surface area contributed by atoms with Gasteiger partial charge < -0.3 is 14.1 Å². The standard InChI is InChI=1S/C22H27NO5/c1-2-27-20(24)13-14-23(17-10-5-3-4-6-11-17)21(25)18-15-16-9-7-8-12-19(16)28-22(18)26/h7-9,12,15,17H,2-6,10-11,13-14H2,1H3. The Balaban J connectivity index is 1.89. The molecule has 1 aromatic carbocycles. The summed E-state index contributed by atoms with van der Waals surface area (Å²) in [5.41, 5.74) is -0.165. The maximum atomic E-state index is 13.3. The smallest absolute Gasteiger partial charge is 0.349 e. The van der Waals surface area contributed by atoms with Gasteiger partial charge in [-0.05, 0) is 31.9 Å². The van der Waals surface area contributed by atoms with Crippen LogP contribution >= 0.6 is 0 Å². The predicted molar refractivity (Wildman–Crippen MR) is 106 cm³/mol. The van der Waals surface area contributed by atoms with Crippen LogP contribution in [0.15, 0.2) is 39.5 Å². The van der Waals surface area contributed by atoms with Gasteiger partial charge in [-0.3, -0.25) is 9.59 Å². The second-order valence-corrected chi connectivity index (χ2v) is 7.18. The van der Waals surface area contributed by atoms with E-state index in [0.717, 1.165) is 38.5 Å². The first-order valence-electron chi connectivity index (χ1n) is 10.1. The fourth-order valence-electron chi connectivity index (χ4n) is 3.83. The quantitative estimate of drug-likeness (QED) is 0.428. The SMILES string of the molecule is CCOC(=O)CCN(C(=O)c1cc2ccccc2oc1=O)C1CCCCCC1. The zero-order valence-corrected chi connectivity index (χ0v) is 16.3. The molecule has 0 atom stereocenters. The van der Waals surface area contributed by atoms with Crippen molar-refractivity contribution in [3.05, 3.63) is 46.3 Å². The number of carbonyl (C=O) groups is 2. The summed E-state index contributed by atoms with van der Waals surface area (Å²) in [5.74, 6) is -0.699. The van der Waals surface area contributed by atoms with Crippen molar-refractivity contribution in [2.75, 3.05) is 13.2 Å². The molecule has 2 aromatic rings. The van der Waals surface area contributed by atoms with E-state index in [2.05, 4.69) is 0 Å². The van der Waals surface area contributed by atoms with E-state index in [1.807, 2.05) is 12.1 Å². The van der Waals surface area contributed by atoms with Crippen LogP contribution in [-0.4, -0.2) is 36.0 Å². The Morgan fingerprint density at radius 1 is 1.14 bits per heavy atom. The molecule has 150 valence electrons. The van der Waals surface area contributed by atoms with Crippen molar-refractivity contribution >= 4 is 22.8 Å². The number of fused-ring (bicyclic) bond motifs is 1. The number of hydrogen-bond acceptors (Lipinski definition) is 5. The molecule has 0 bridgehead atoms. The van der Waals surface area contributed by atoms with Gasteiger partial charge in [-0.25, -0.2) is 4.79 Å². The Morgan fingerprint density at radius 3 is 2.57 bits per heavy atom. The van der Waals surface area contributed by atoms with E-state index in [4.69, 9.17) is 9.15 Å². The molecule has 0 spiro atoms. The first kappa shape index (κ1) is 20.1. The third-order valence-corrected chi connectivity index (χ3v) is 5.26. The molecular formula is C22H27NO5. The molecule has 0 unspecified atom stereocenters. The minimum atomic E-state index is -0.640. The summed E-state index contributed by atoms with van der Waals surface area (Å²) < 4.78 is 10.4. The average molecular weight is 385 g/mol. The number of para-hydroxylation sites is 1. The minimum absolute atomic E-state index is 0.0202. The molecule has 28 heavy (non-hydrogen) atoms. The second-order valence-electron chi connectivity index (χ2n) is 7.18. The van der Waals surface area contributed by atoms with E-state index in [1.165, 1.54) is 0 Å². The largest absolute Gasteiger partial charge is 0.466 e. The van der Waals surface area contributed by atoms with Crippen LogP contribution in [0.4, 0.5) is 0 Å². The maximum absolute atomic E-state index is 13.3. The van der Waals surface area contributed by atoms with Crippen molar-refractivity contribution < 1.29 is 18.7 Å². The van der Waals surface area contributed by atoms with Gasteiger partial charge in [0.25, 0.3) is 5.91 Å². The van der Waals surface area contributed by atoms with Gasteiger partial charge in [0.1, 0.15) is 11.1 Å². The fourth-order valence-corrected chi connectivity index (χ4v) is 3.83. The fraction of sp³-hybridized carbons (Fsp3) is 0.500. The number of ether oxygens (including phenoxy) is 1. The van der Waals surface area contributed by atoms with Crippen molar-refractivity contribution in [1.82, 2.24) is 4.90 Å². The lowest BCUT2D eigenvalue weighted by atomic mass is 10.0. The van der Waals surface area contributed by atoms with Crippen molar-refractivity contribution in [2.45, 2.75) is 57.9 Å². The molecule has 1 amide bonds. The van der Waals surface area contributed by atoms with Crippen LogP contribution in [0.1, 0.15) is 62.2 Å². The summed E-state index contributed by atoms with van der Waals surface area (Å²) in [7, 11) is 0. The van der Waals surface area contributed by atoms with Gasteiger partial charge in [0.05, 0.1) is 13.0 Å². The highest BCUT2D eigenvalue weighted by atomic mass is 16.5. The Bertz CT molecular complexity index is 880. The summed E-state index contributed by atoms with van der Waals surface area (Å²) in [5, 5.41) is 0.705. The van der Waals surface area contributed by atoms with E-state index in [0.29, 0.717) is 17.6 Å². The minimum Gasteiger partial charge on any atom is -0.466 e. The number of hydrogen-bond donors (Lipinski definition) is 0. The number of amides is 1. The number of nitrogens with zero attached hydrogens (tertiary/aromatic N) is 1. The molecule has 0 aliphatic heterocycles. The van der Waals surface area contributed by atoms with Gasteiger partial charge >= 0.3 is 11.6 Å². The van der Waals surface area contributed by atoms with Crippen LogP contribution < -0.4 is 5.63 Å². The van der Waals surface area contributed by atoms with Crippen LogP contribution in [-0.2, 0) is 9.53 Å². The van der Waals surface area contributed by atoms with E-state index in [-0.39, 0.29) is 36.4 Å². The monoisotopic (exact) mass is 385 g/mol. The zero-order valence-electron chi connectivity index (χ0n) is 16.3. The lowest BCUT2D eigenvalue weighted by molar-refractivity contribution is -0.143. The van der Waals surface area contributed by atoms with E-state index in [9.17, 15) is 14.4 Å². The molecule has 0 radical (unpaired) electrons. The molecule has 1 saturated carbocycles. The molecular weight excluding hydrogens is 358 g/mol. The van der Waals surface area contributed by atoms with Crippen LogP contribution in [0.3, 0.4) is 0 Å². The molecule has 3 rings (SSSR count). The topological polar surface area (TPSA) is 76.8 Å². The van der Waals surface area contributed by atoms with E-state index < -0.39 is 5.63 Å². The molecule has 1 fully saturated rings. The molecule has 0 saturated heterocycles. The molecule has 1 aliphatic rings. The van der Waals surface area contributed by atoms with Crippen molar-refractivity contribution in [1.29, 1.82) is 0 Å². The van der Waals surface area contributed by atoms with Crippen molar-refractivity contribution in [3.8, 4) is 0 Å². The van der Waals surface area contributed by atoms with Gasteiger partial charge in [-0.15, -0.1) is 0 Å². The Labute approximate surface area is 164 Å². The third kappa shape index (κ3) is 4.80. The summed E-state index contributed by atoms with van der Waals surface area (Å²) >= 11 is 0.